The van der Waals surface area contributed by atoms with Crippen molar-refractivity contribution >= 4 is 17.6 Å². The van der Waals surface area contributed by atoms with Crippen molar-refractivity contribution in [3.63, 3.8) is 0 Å². The molecule has 0 aliphatic carbocycles. The Kier molecular flexibility index (Phi) is 9.68. The molecule has 1 atom stereocenters. The molecule has 0 spiro atoms. The van der Waals surface area contributed by atoms with Crippen molar-refractivity contribution in [1.82, 2.24) is 0 Å². The predicted molar refractivity (Wildman–Crippen MR) is 108 cm³/mol. The van der Waals surface area contributed by atoms with Crippen LogP contribution in [-0.2, 0) is 9.59 Å². The van der Waals surface area contributed by atoms with Crippen molar-refractivity contribution < 1.29 is 30.5 Å². The number of carbonyl (C=O) groups is 2. The molecule has 0 radical (unpaired) electrons. The molecule has 7 heteroatoms. The number of unbranched alkanes of at least 4 members (excludes halogenated alkanes) is 3. The Labute approximate surface area is 171 Å². The smallest absolute Gasteiger partial charge is 0.230 e. The Balaban J connectivity index is 1.77. The predicted octanol–water partition coefficient (Wildman–Crippen LogP) is 0.292. The number of nitrogens with two attached hydrogens (primary N) is 1. The van der Waals surface area contributed by atoms with Gasteiger partial charge in [-0.2, -0.15) is 0 Å². The zero-order valence-corrected chi connectivity index (χ0v) is 16.6. The molecule has 0 fully saturated rings. The molecular formula is C22H30N3O4+. The van der Waals surface area contributed by atoms with Gasteiger partial charge in [0, 0.05) is 5.69 Å². The number of hydrogen-bond donors (Lipinski definition) is 3. The number of carboxylic acids is 1. The van der Waals surface area contributed by atoms with Gasteiger partial charge in [-0.15, -0.1) is 0 Å². The summed E-state index contributed by atoms with van der Waals surface area (Å²) in [4.78, 5) is 23.5. The molecule has 0 aromatic heterocycles. The van der Waals surface area contributed by atoms with Crippen LogP contribution < -0.4 is 26.2 Å². The number of hydrogen-bond acceptors (Lipinski definition) is 4. The summed E-state index contributed by atoms with van der Waals surface area (Å²) in [6, 6.07) is 15.4. The maximum Gasteiger partial charge on any atom is 0.230 e. The highest BCUT2D eigenvalue weighted by atomic mass is 16.5. The van der Waals surface area contributed by atoms with Gasteiger partial charge in [0.2, 0.25) is 5.91 Å². The van der Waals surface area contributed by atoms with Crippen LogP contribution in [0.5, 0.6) is 11.5 Å². The van der Waals surface area contributed by atoms with E-state index in [9.17, 15) is 14.7 Å². The van der Waals surface area contributed by atoms with Gasteiger partial charge >= 0.3 is 0 Å². The number of quaternary nitrogens is 2. The molecule has 0 aliphatic rings. The van der Waals surface area contributed by atoms with Crippen molar-refractivity contribution in [2.24, 2.45) is 0 Å². The van der Waals surface area contributed by atoms with Gasteiger partial charge in [-0.1, -0.05) is 18.2 Å². The number of carboxylic acid groups (broad SMARTS) is 1. The first-order valence-corrected chi connectivity index (χ1v) is 10.0. The van der Waals surface area contributed by atoms with E-state index in [-0.39, 0.29) is 12.3 Å². The van der Waals surface area contributed by atoms with Crippen LogP contribution >= 0.6 is 0 Å². The van der Waals surface area contributed by atoms with Crippen LogP contribution in [0, 0.1) is 0 Å². The maximum absolute atomic E-state index is 12.2. The Morgan fingerprint density at radius 3 is 2.28 bits per heavy atom. The summed E-state index contributed by atoms with van der Waals surface area (Å²) in [5.74, 6) is -0.203. The summed E-state index contributed by atoms with van der Waals surface area (Å²) >= 11 is 0. The zero-order chi connectivity index (χ0) is 20.9. The maximum atomic E-state index is 12.2. The molecule has 2 aromatic carbocycles. The van der Waals surface area contributed by atoms with E-state index in [2.05, 4.69) is 11.1 Å². The van der Waals surface area contributed by atoms with E-state index in [0.29, 0.717) is 18.0 Å². The molecular weight excluding hydrogens is 370 g/mol. The third kappa shape index (κ3) is 8.76. The van der Waals surface area contributed by atoms with Crippen LogP contribution in [0.1, 0.15) is 32.1 Å². The first-order chi connectivity index (χ1) is 14.1. The fraction of sp³-hybridized carbons (Fsp3) is 0.364. The quantitative estimate of drug-likeness (QED) is 0.418. The van der Waals surface area contributed by atoms with Crippen LogP contribution in [0.25, 0.3) is 0 Å². The van der Waals surface area contributed by atoms with E-state index in [4.69, 9.17) is 4.74 Å². The average Bonchev–Trinajstić information content (AvgIpc) is 2.72. The molecule has 29 heavy (non-hydrogen) atoms. The Morgan fingerprint density at radius 2 is 1.62 bits per heavy atom. The molecule has 0 saturated carbocycles. The monoisotopic (exact) mass is 400 g/mol. The molecule has 0 unspecified atom stereocenters. The average molecular weight is 400 g/mol. The minimum Gasteiger partial charge on any atom is -0.544 e. The highest BCUT2D eigenvalue weighted by molar-refractivity contribution is 5.93. The standard InChI is InChI=1S/C22H29N3O4/c23-14-6-1-2-7-15-24-20(22(27)28)16-21(26)25-17-10-12-19(13-11-17)29-18-8-4-3-5-9-18/h3-5,8-13,20,24H,1-2,6-7,14-16,23H2,(H,25,26)(H,27,28)/p+1/t20-/m0/s1. The summed E-state index contributed by atoms with van der Waals surface area (Å²) in [6.45, 7) is 1.58. The van der Waals surface area contributed by atoms with E-state index < -0.39 is 12.0 Å². The lowest BCUT2D eigenvalue weighted by atomic mass is 10.1. The van der Waals surface area contributed by atoms with Gasteiger partial charge in [-0.3, -0.25) is 4.79 Å². The molecule has 0 bridgehead atoms. The van der Waals surface area contributed by atoms with Crippen LogP contribution in [0.15, 0.2) is 54.6 Å². The minimum atomic E-state index is -1.22. The number of anilines is 1. The molecule has 2 rings (SSSR count). The number of aliphatic carboxylic acids is 1. The lowest BCUT2D eigenvalue weighted by Gasteiger charge is -2.16. The lowest BCUT2D eigenvalue weighted by Crippen LogP contribution is -2.93. The van der Waals surface area contributed by atoms with E-state index in [1.165, 1.54) is 0 Å². The molecule has 1 amide bonds. The van der Waals surface area contributed by atoms with Crippen LogP contribution in [0.2, 0.25) is 0 Å². The topological polar surface area (TPSA) is 123 Å². The number of nitrogens with one attached hydrogen (secondary N) is 1. The number of rotatable bonds is 13. The largest absolute Gasteiger partial charge is 0.544 e. The van der Waals surface area contributed by atoms with Gasteiger partial charge in [-0.25, -0.2) is 0 Å². The summed E-state index contributed by atoms with van der Waals surface area (Å²) in [5.41, 5.74) is 4.38. The highest BCUT2D eigenvalue weighted by Gasteiger charge is 2.18. The fourth-order valence-electron chi connectivity index (χ4n) is 2.90. The molecule has 0 heterocycles. The summed E-state index contributed by atoms with van der Waals surface area (Å²) < 4.78 is 5.71. The number of benzene rings is 2. The van der Waals surface area contributed by atoms with Gasteiger partial charge in [0.15, 0.2) is 0 Å². The SMILES string of the molecule is [NH3+]CCCCCC[NH2+][C@@H](CC(=O)Nc1ccc(Oc2ccccc2)cc1)C(=O)[O-]. The lowest BCUT2D eigenvalue weighted by molar-refractivity contribution is -0.682. The number of carbonyl (C=O) groups excluding carboxylic acids is 2. The third-order valence-corrected chi connectivity index (χ3v) is 4.48. The van der Waals surface area contributed by atoms with Crippen molar-refractivity contribution in [3.8, 4) is 11.5 Å². The molecule has 7 nitrogen and oxygen atoms in total. The summed E-state index contributed by atoms with van der Waals surface area (Å²) in [6.07, 6.45) is 3.99. The minimum absolute atomic E-state index is 0.135. The molecule has 2 aromatic rings. The molecule has 6 N–H and O–H groups in total. The zero-order valence-electron chi connectivity index (χ0n) is 16.6. The van der Waals surface area contributed by atoms with E-state index in [0.717, 1.165) is 38.0 Å². The second kappa shape index (κ2) is 12.5. The second-order valence-corrected chi connectivity index (χ2v) is 6.91. The van der Waals surface area contributed by atoms with Gasteiger partial charge in [-0.05, 0) is 62.1 Å². The highest BCUT2D eigenvalue weighted by Crippen LogP contribution is 2.22. The Bertz CT molecular complexity index is 750. The Morgan fingerprint density at radius 1 is 0.966 bits per heavy atom. The summed E-state index contributed by atoms with van der Waals surface area (Å²) in [5, 5.41) is 15.7. The Hall–Kier alpha value is -2.90. The van der Waals surface area contributed by atoms with E-state index in [1.807, 2.05) is 30.3 Å². The second-order valence-electron chi connectivity index (χ2n) is 6.91. The molecule has 0 saturated heterocycles. The van der Waals surface area contributed by atoms with Gasteiger partial charge in [0.25, 0.3) is 0 Å². The fourth-order valence-corrected chi connectivity index (χ4v) is 2.90. The molecule has 0 aliphatic heterocycles. The number of ether oxygens (including phenoxy) is 1. The normalized spacial score (nSPS) is 11.6. The van der Waals surface area contributed by atoms with Crippen molar-refractivity contribution in [3.05, 3.63) is 54.6 Å². The third-order valence-electron chi connectivity index (χ3n) is 4.48. The van der Waals surface area contributed by atoms with Crippen molar-refractivity contribution in [2.45, 2.75) is 38.1 Å². The molecule has 156 valence electrons. The first kappa shape index (κ1) is 22.4. The first-order valence-electron chi connectivity index (χ1n) is 10.0. The van der Waals surface area contributed by atoms with Gasteiger partial charge in [0.05, 0.1) is 25.5 Å². The number of para-hydroxylation sites is 1. The van der Waals surface area contributed by atoms with Crippen molar-refractivity contribution in [2.75, 3.05) is 18.4 Å². The van der Waals surface area contributed by atoms with Crippen LogP contribution in [0.3, 0.4) is 0 Å². The van der Waals surface area contributed by atoms with Crippen LogP contribution in [0.4, 0.5) is 5.69 Å². The number of amides is 1. The van der Waals surface area contributed by atoms with Gasteiger partial charge in [0.1, 0.15) is 17.5 Å². The van der Waals surface area contributed by atoms with Crippen LogP contribution in [-0.4, -0.2) is 31.0 Å². The van der Waals surface area contributed by atoms with Gasteiger partial charge < -0.3 is 31.0 Å². The summed E-state index contributed by atoms with van der Waals surface area (Å²) in [7, 11) is 0. The van der Waals surface area contributed by atoms with E-state index in [1.54, 1.807) is 29.6 Å². The van der Waals surface area contributed by atoms with E-state index >= 15 is 0 Å². The van der Waals surface area contributed by atoms with Crippen molar-refractivity contribution in [1.29, 1.82) is 0 Å².